The molecule has 0 saturated carbocycles. The summed E-state index contributed by atoms with van der Waals surface area (Å²) in [6.07, 6.45) is 0. The quantitative estimate of drug-likeness (QED) is 0.779. The number of anilines is 1. The van der Waals surface area contributed by atoms with Crippen LogP contribution in [0.2, 0.25) is 0 Å². The van der Waals surface area contributed by atoms with E-state index in [0.29, 0.717) is 16.9 Å². The van der Waals surface area contributed by atoms with Crippen molar-refractivity contribution in [3.8, 4) is 0 Å². The van der Waals surface area contributed by atoms with E-state index >= 15 is 0 Å². The van der Waals surface area contributed by atoms with Crippen molar-refractivity contribution in [3.63, 3.8) is 0 Å². The SMILES string of the molecule is Cc1cc(C)nc(NS(=O)(=O)c2cccc3nonc23)n1. The van der Waals surface area contributed by atoms with Crippen LogP contribution < -0.4 is 4.72 Å². The number of aryl methyl sites for hydroxylation is 2. The smallest absolute Gasteiger partial charge is 0.247 e. The minimum atomic E-state index is -3.88. The van der Waals surface area contributed by atoms with Crippen LogP contribution in [-0.2, 0) is 10.0 Å². The van der Waals surface area contributed by atoms with Gasteiger partial charge in [0.15, 0.2) is 5.52 Å². The highest BCUT2D eigenvalue weighted by Crippen LogP contribution is 2.21. The third-order valence-electron chi connectivity index (χ3n) is 2.75. The molecule has 2 heterocycles. The fourth-order valence-corrected chi connectivity index (χ4v) is 3.04. The average molecular weight is 305 g/mol. The summed E-state index contributed by atoms with van der Waals surface area (Å²) in [6.45, 7) is 3.52. The molecular weight excluding hydrogens is 294 g/mol. The lowest BCUT2D eigenvalue weighted by Crippen LogP contribution is -2.16. The zero-order chi connectivity index (χ0) is 15.0. The number of hydrogen-bond acceptors (Lipinski definition) is 7. The minimum absolute atomic E-state index is 0.0148. The van der Waals surface area contributed by atoms with Crippen molar-refractivity contribution in [2.75, 3.05) is 4.72 Å². The van der Waals surface area contributed by atoms with Crippen molar-refractivity contribution in [1.82, 2.24) is 20.3 Å². The summed E-state index contributed by atoms with van der Waals surface area (Å²) in [5, 5.41) is 7.23. The van der Waals surface area contributed by atoms with E-state index < -0.39 is 10.0 Å². The molecule has 8 nitrogen and oxygen atoms in total. The number of sulfonamides is 1. The molecule has 0 unspecified atom stereocenters. The fourth-order valence-electron chi connectivity index (χ4n) is 1.94. The van der Waals surface area contributed by atoms with Crippen LogP contribution in [0, 0.1) is 13.8 Å². The number of rotatable bonds is 3. The van der Waals surface area contributed by atoms with E-state index in [4.69, 9.17) is 0 Å². The Morgan fingerprint density at radius 3 is 2.52 bits per heavy atom. The van der Waals surface area contributed by atoms with Crippen molar-refractivity contribution in [2.24, 2.45) is 0 Å². The highest BCUT2D eigenvalue weighted by Gasteiger charge is 2.21. The molecule has 0 aliphatic rings. The summed E-state index contributed by atoms with van der Waals surface area (Å²) in [5.74, 6) is 0.0148. The lowest BCUT2D eigenvalue weighted by Gasteiger charge is -2.07. The molecule has 0 amide bonds. The molecule has 0 bridgehead atoms. The number of nitrogens with zero attached hydrogens (tertiary/aromatic N) is 4. The van der Waals surface area contributed by atoms with Gasteiger partial charge in [0.05, 0.1) is 0 Å². The van der Waals surface area contributed by atoms with E-state index in [2.05, 4.69) is 29.6 Å². The number of fused-ring (bicyclic) bond motifs is 1. The van der Waals surface area contributed by atoms with Gasteiger partial charge >= 0.3 is 0 Å². The van der Waals surface area contributed by atoms with E-state index in [1.807, 2.05) is 0 Å². The van der Waals surface area contributed by atoms with E-state index in [0.717, 1.165) is 0 Å². The second-order valence-electron chi connectivity index (χ2n) is 4.47. The van der Waals surface area contributed by atoms with Crippen LogP contribution in [-0.4, -0.2) is 28.7 Å². The molecule has 0 atom stereocenters. The Labute approximate surface area is 120 Å². The second kappa shape index (κ2) is 4.77. The largest absolute Gasteiger partial charge is 0.266 e. The van der Waals surface area contributed by atoms with Crippen LogP contribution in [0.25, 0.3) is 11.0 Å². The molecule has 0 radical (unpaired) electrons. The molecule has 21 heavy (non-hydrogen) atoms. The first-order chi connectivity index (χ1) is 9.95. The van der Waals surface area contributed by atoms with E-state index in [1.54, 1.807) is 32.0 Å². The van der Waals surface area contributed by atoms with Gasteiger partial charge in [0.25, 0.3) is 10.0 Å². The molecule has 0 fully saturated rings. The normalized spacial score (nSPS) is 11.7. The molecule has 0 aliphatic heterocycles. The summed E-state index contributed by atoms with van der Waals surface area (Å²) in [5.41, 5.74) is 1.86. The molecule has 0 saturated heterocycles. The van der Waals surface area contributed by atoms with Gasteiger partial charge in [-0.05, 0) is 42.4 Å². The maximum absolute atomic E-state index is 12.4. The molecule has 1 aromatic carbocycles. The summed E-state index contributed by atoms with van der Waals surface area (Å²) >= 11 is 0. The van der Waals surface area contributed by atoms with Gasteiger partial charge in [-0.2, -0.15) is 0 Å². The van der Waals surface area contributed by atoms with Gasteiger partial charge in [-0.3, -0.25) is 0 Å². The van der Waals surface area contributed by atoms with Gasteiger partial charge in [-0.25, -0.2) is 27.7 Å². The van der Waals surface area contributed by atoms with Crippen molar-refractivity contribution in [1.29, 1.82) is 0 Å². The second-order valence-corrected chi connectivity index (χ2v) is 6.12. The molecular formula is C12H11N5O3S. The Hall–Kier alpha value is -2.55. The minimum Gasteiger partial charge on any atom is -0.247 e. The van der Waals surface area contributed by atoms with Gasteiger partial charge in [0.2, 0.25) is 5.95 Å². The van der Waals surface area contributed by atoms with Crippen molar-refractivity contribution < 1.29 is 13.0 Å². The Morgan fingerprint density at radius 1 is 1.10 bits per heavy atom. The van der Waals surface area contributed by atoms with Crippen molar-refractivity contribution >= 4 is 27.0 Å². The molecule has 9 heteroatoms. The Kier molecular flexibility index (Phi) is 3.05. The van der Waals surface area contributed by atoms with Crippen LogP contribution >= 0.6 is 0 Å². The Morgan fingerprint density at radius 2 is 1.81 bits per heavy atom. The van der Waals surface area contributed by atoms with Crippen LogP contribution in [0.4, 0.5) is 5.95 Å². The molecule has 3 rings (SSSR count). The zero-order valence-electron chi connectivity index (χ0n) is 11.2. The number of hydrogen-bond donors (Lipinski definition) is 1. The third-order valence-corrected chi connectivity index (χ3v) is 4.11. The fraction of sp³-hybridized carbons (Fsp3) is 0.167. The summed E-state index contributed by atoms with van der Waals surface area (Å²) in [7, 11) is -3.88. The maximum atomic E-state index is 12.4. The lowest BCUT2D eigenvalue weighted by atomic mass is 10.3. The Bertz CT molecular complexity index is 899. The zero-order valence-corrected chi connectivity index (χ0v) is 12.0. The molecule has 2 aromatic heterocycles. The van der Waals surface area contributed by atoms with Crippen molar-refractivity contribution in [3.05, 3.63) is 35.7 Å². The van der Waals surface area contributed by atoms with Gasteiger partial charge < -0.3 is 0 Å². The highest BCUT2D eigenvalue weighted by atomic mass is 32.2. The van der Waals surface area contributed by atoms with E-state index in [1.165, 1.54) is 6.07 Å². The van der Waals surface area contributed by atoms with Crippen LogP contribution in [0.5, 0.6) is 0 Å². The first-order valence-electron chi connectivity index (χ1n) is 6.02. The molecule has 0 aliphatic carbocycles. The first-order valence-corrected chi connectivity index (χ1v) is 7.50. The predicted octanol–water partition coefficient (Wildman–Crippen LogP) is 1.43. The van der Waals surface area contributed by atoms with Crippen LogP contribution in [0.3, 0.4) is 0 Å². The molecule has 108 valence electrons. The number of aromatic nitrogens is 4. The molecule has 3 aromatic rings. The number of nitrogens with one attached hydrogen (secondary N) is 1. The van der Waals surface area contributed by atoms with Crippen LogP contribution in [0.15, 0.2) is 33.8 Å². The highest BCUT2D eigenvalue weighted by molar-refractivity contribution is 7.93. The number of benzene rings is 1. The molecule has 0 spiro atoms. The first kappa shape index (κ1) is 13.4. The standard InChI is InChI=1S/C12H11N5O3S/c1-7-6-8(2)14-12(13-7)17-21(18,19)10-5-3-4-9-11(10)16-20-15-9/h3-6H,1-2H3,(H,13,14,17). The van der Waals surface area contributed by atoms with Crippen molar-refractivity contribution in [2.45, 2.75) is 18.7 Å². The van der Waals surface area contributed by atoms with Gasteiger partial charge in [0.1, 0.15) is 10.4 Å². The topological polar surface area (TPSA) is 111 Å². The average Bonchev–Trinajstić information content (AvgIpc) is 2.84. The third kappa shape index (κ3) is 2.55. The summed E-state index contributed by atoms with van der Waals surface area (Å²) in [6, 6.07) is 6.33. The predicted molar refractivity (Wildman–Crippen MR) is 74.1 cm³/mol. The van der Waals surface area contributed by atoms with Crippen LogP contribution in [0.1, 0.15) is 11.4 Å². The molecule has 1 N–H and O–H groups in total. The summed E-state index contributed by atoms with van der Waals surface area (Å²) < 4.78 is 31.8. The lowest BCUT2D eigenvalue weighted by molar-refractivity contribution is 0.315. The van der Waals surface area contributed by atoms with Gasteiger partial charge in [0, 0.05) is 11.4 Å². The monoisotopic (exact) mass is 305 g/mol. The van der Waals surface area contributed by atoms with Gasteiger partial charge in [-0.1, -0.05) is 6.07 Å². The summed E-state index contributed by atoms with van der Waals surface area (Å²) in [4.78, 5) is 8.07. The van der Waals surface area contributed by atoms with Gasteiger partial charge in [-0.15, -0.1) is 0 Å². The maximum Gasteiger partial charge on any atom is 0.266 e. The Balaban J connectivity index is 2.06. The van der Waals surface area contributed by atoms with E-state index in [-0.39, 0.29) is 16.4 Å². The van der Waals surface area contributed by atoms with E-state index in [9.17, 15) is 8.42 Å².